The van der Waals surface area contributed by atoms with E-state index >= 15 is 0 Å². The largest absolute Gasteiger partial charge is 0.394 e. The van der Waals surface area contributed by atoms with Gasteiger partial charge in [0.15, 0.2) is 11.0 Å². The fourth-order valence-corrected chi connectivity index (χ4v) is 0.732. The van der Waals surface area contributed by atoms with Crippen LogP contribution in [0.15, 0.2) is 0 Å². The standard InChI is InChI=1S/C6H10ClN5O/c1-3(2-13)9-6-10-5(8)4(7)11-12-6/h3,13H,2H2,1H3,(H3,8,9,10,12). The van der Waals surface area contributed by atoms with Gasteiger partial charge in [0, 0.05) is 6.04 Å². The summed E-state index contributed by atoms with van der Waals surface area (Å²) in [6.07, 6.45) is 0. The third-order valence-corrected chi connectivity index (χ3v) is 1.59. The van der Waals surface area contributed by atoms with Crippen molar-refractivity contribution in [2.24, 2.45) is 0 Å². The molecule has 1 aromatic rings. The highest BCUT2D eigenvalue weighted by molar-refractivity contribution is 6.31. The number of aromatic nitrogens is 3. The summed E-state index contributed by atoms with van der Waals surface area (Å²) in [6, 6.07) is -0.151. The van der Waals surface area contributed by atoms with Crippen LogP contribution < -0.4 is 11.1 Å². The Morgan fingerprint density at radius 3 is 2.85 bits per heavy atom. The molecular formula is C6H10ClN5O. The molecule has 0 saturated heterocycles. The van der Waals surface area contributed by atoms with Gasteiger partial charge >= 0.3 is 0 Å². The van der Waals surface area contributed by atoms with Gasteiger partial charge in [-0.3, -0.25) is 0 Å². The van der Waals surface area contributed by atoms with Crippen LogP contribution in [0.4, 0.5) is 11.8 Å². The Morgan fingerprint density at radius 2 is 2.31 bits per heavy atom. The molecule has 0 amide bonds. The lowest BCUT2D eigenvalue weighted by molar-refractivity contribution is 0.281. The number of nitrogens with zero attached hydrogens (tertiary/aromatic N) is 3. The van der Waals surface area contributed by atoms with Gasteiger partial charge in [-0.25, -0.2) is 0 Å². The van der Waals surface area contributed by atoms with Gasteiger partial charge in [-0.1, -0.05) is 11.6 Å². The Bertz CT molecular complexity index is 294. The molecule has 13 heavy (non-hydrogen) atoms. The van der Waals surface area contributed by atoms with Crippen molar-refractivity contribution < 1.29 is 5.11 Å². The molecule has 1 rings (SSSR count). The first-order chi connectivity index (χ1) is 6.13. The number of rotatable bonds is 3. The summed E-state index contributed by atoms with van der Waals surface area (Å²) in [5.74, 6) is 0.368. The zero-order valence-electron chi connectivity index (χ0n) is 7.03. The summed E-state index contributed by atoms with van der Waals surface area (Å²) < 4.78 is 0. The number of nitrogen functional groups attached to an aromatic ring is 1. The quantitative estimate of drug-likeness (QED) is 0.635. The number of aliphatic hydroxyl groups is 1. The number of aliphatic hydroxyl groups excluding tert-OH is 1. The van der Waals surface area contributed by atoms with Gasteiger partial charge in [-0.2, -0.15) is 4.98 Å². The number of nitrogens with one attached hydrogen (secondary N) is 1. The molecule has 0 spiro atoms. The molecule has 6 nitrogen and oxygen atoms in total. The van der Waals surface area contributed by atoms with Crippen LogP contribution >= 0.6 is 11.6 Å². The molecule has 0 radical (unpaired) electrons. The maximum absolute atomic E-state index is 8.72. The molecular weight excluding hydrogens is 194 g/mol. The third-order valence-electron chi connectivity index (χ3n) is 1.32. The van der Waals surface area contributed by atoms with Crippen molar-refractivity contribution in [3.63, 3.8) is 0 Å². The van der Waals surface area contributed by atoms with Crippen LogP contribution in [0, 0.1) is 0 Å². The van der Waals surface area contributed by atoms with Crippen LogP contribution in [0.3, 0.4) is 0 Å². The van der Waals surface area contributed by atoms with E-state index in [4.69, 9.17) is 22.4 Å². The van der Waals surface area contributed by atoms with Crippen LogP contribution in [0.25, 0.3) is 0 Å². The first kappa shape index (κ1) is 9.94. The van der Waals surface area contributed by atoms with Gasteiger partial charge in [-0.15, -0.1) is 10.2 Å². The van der Waals surface area contributed by atoms with Gasteiger partial charge in [-0.05, 0) is 6.92 Å². The Labute approximate surface area is 80.1 Å². The number of halogens is 1. The lowest BCUT2D eigenvalue weighted by atomic mass is 10.4. The fourth-order valence-electron chi connectivity index (χ4n) is 0.652. The predicted octanol–water partition coefficient (Wildman–Crippen LogP) is -0.100. The Kier molecular flexibility index (Phi) is 3.21. The van der Waals surface area contributed by atoms with Crippen molar-refractivity contribution in [1.82, 2.24) is 15.2 Å². The number of anilines is 2. The number of hydrogen-bond acceptors (Lipinski definition) is 6. The van der Waals surface area contributed by atoms with Gasteiger partial charge in [0.2, 0.25) is 5.95 Å². The van der Waals surface area contributed by atoms with E-state index in [1.54, 1.807) is 6.92 Å². The van der Waals surface area contributed by atoms with E-state index < -0.39 is 0 Å². The molecule has 7 heteroatoms. The highest BCUT2D eigenvalue weighted by Crippen LogP contribution is 2.12. The first-order valence-corrected chi connectivity index (χ1v) is 4.04. The highest BCUT2D eigenvalue weighted by atomic mass is 35.5. The molecule has 1 heterocycles. The van der Waals surface area contributed by atoms with Crippen LogP contribution in [0.1, 0.15) is 6.92 Å². The normalized spacial score (nSPS) is 12.5. The zero-order valence-corrected chi connectivity index (χ0v) is 7.78. The topological polar surface area (TPSA) is 97.0 Å². The monoisotopic (exact) mass is 203 g/mol. The molecule has 1 unspecified atom stereocenters. The van der Waals surface area contributed by atoms with Gasteiger partial charge in [0.05, 0.1) is 6.61 Å². The summed E-state index contributed by atoms with van der Waals surface area (Å²) in [4.78, 5) is 3.81. The third kappa shape index (κ3) is 2.67. The van der Waals surface area contributed by atoms with Gasteiger partial charge in [0.25, 0.3) is 0 Å². The van der Waals surface area contributed by atoms with Crippen molar-refractivity contribution in [2.75, 3.05) is 17.7 Å². The molecule has 0 aromatic carbocycles. The lowest BCUT2D eigenvalue weighted by Crippen LogP contribution is -2.21. The SMILES string of the molecule is CC(CO)Nc1nnc(Cl)c(N)n1. The van der Waals surface area contributed by atoms with E-state index in [1.807, 2.05) is 0 Å². The van der Waals surface area contributed by atoms with Crippen LogP contribution in [0.5, 0.6) is 0 Å². The second-order valence-electron chi connectivity index (χ2n) is 2.54. The maximum Gasteiger partial charge on any atom is 0.245 e. The van der Waals surface area contributed by atoms with Crippen LogP contribution in [-0.4, -0.2) is 32.9 Å². The smallest absolute Gasteiger partial charge is 0.245 e. The minimum atomic E-state index is -0.151. The van der Waals surface area contributed by atoms with Crippen molar-refractivity contribution in [1.29, 1.82) is 0 Å². The fraction of sp³-hybridized carbons (Fsp3) is 0.500. The summed E-state index contributed by atoms with van der Waals surface area (Å²) in [5.41, 5.74) is 5.39. The zero-order chi connectivity index (χ0) is 9.84. The maximum atomic E-state index is 8.72. The summed E-state index contributed by atoms with van der Waals surface area (Å²) >= 11 is 5.51. The summed E-state index contributed by atoms with van der Waals surface area (Å²) in [7, 11) is 0. The van der Waals surface area contributed by atoms with Crippen LogP contribution in [0.2, 0.25) is 5.15 Å². The van der Waals surface area contributed by atoms with Crippen molar-refractivity contribution >= 4 is 23.4 Å². The minimum Gasteiger partial charge on any atom is -0.394 e. The van der Waals surface area contributed by atoms with Gasteiger partial charge < -0.3 is 16.2 Å². The Morgan fingerprint density at radius 1 is 1.62 bits per heavy atom. The average Bonchev–Trinajstić information content (AvgIpc) is 2.11. The van der Waals surface area contributed by atoms with Gasteiger partial charge in [0.1, 0.15) is 0 Å². The molecule has 0 aliphatic rings. The van der Waals surface area contributed by atoms with E-state index in [0.29, 0.717) is 0 Å². The molecule has 1 aromatic heterocycles. The molecule has 0 bridgehead atoms. The second kappa shape index (κ2) is 4.20. The molecule has 0 fully saturated rings. The average molecular weight is 204 g/mol. The molecule has 0 aliphatic heterocycles. The van der Waals surface area contributed by atoms with E-state index in [9.17, 15) is 0 Å². The predicted molar refractivity (Wildman–Crippen MR) is 49.4 cm³/mol. The summed E-state index contributed by atoms with van der Waals surface area (Å²) in [6.45, 7) is 1.75. The lowest BCUT2D eigenvalue weighted by Gasteiger charge is -2.09. The molecule has 4 N–H and O–H groups in total. The molecule has 0 saturated carbocycles. The molecule has 72 valence electrons. The van der Waals surface area contributed by atoms with E-state index in [2.05, 4.69) is 20.5 Å². The summed E-state index contributed by atoms with van der Waals surface area (Å²) in [5, 5.41) is 18.8. The molecule has 0 aliphatic carbocycles. The van der Waals surface area contributed by atoms with E-state index in [-0.39, 0.29) is 29.6 Å². The Hall–Kier alpha value is -1.14. The Balaban J connectivity index is 2.73. The van der Waals surface area contributed by atoms with Crippen molar-refractivity contribution in [3.8, 4) is 0 Å². The van der Waals surface area contributed by atoms with E-state index in [1.165, 1.54) is 0 Å². The van der Waals surface area contributed by atoms with Crippen molar-refractivity contribution in [3.05, 3.63) is 5.15 Å². The second-order valence-corrected chi connectivity index (χ2v) is 2.90. The minimum absolute atomic E-state index is 0.0219. The first-order valence-electron chi connectivity index (χ1n) is 3.66. The van der Waals surface area contributed by atoms with E-state index in [0.717, 1.165) is 0 Å². The van der Waals surface area contributed by atoms with Crippen LogP contribution in [-0.2, 0) is 0 Å². The highest BCUT2D eigenvalue weighted by Gasteiger charge is 2.05. The molecule has 1 atom stereocenters. The van der Waals surface area contributed by atoms with Crippen molar-refractivity contribution in [2.45, 2.75) is 13.0 Å². The number of hydrogen-bond donors (Lipinski definition) is 3. The number of nitrogens with two attached hydrogens (primary N) is 1.